The van der Waals surface area contributed by atoms with Gasteiger partial charge in [0.25, 0.3) is 5.91 Å². The van der Waals surface area contributed by atoms with Crippen LogP contribution in [0.1, 0.15) is 6.42 Å². The Kier molecular flexibility index (Phi) is 4.73. The van der Waals surface area contributed by atoms with Crippen LogP contribution in [0.5, 0.6) is 5.75 Å². The summed E-state index contributed by atoms with van der Waals surface area (Å²) in [5, 5.41) is -0.0878. The predicted molar refractivity (Wildman–Crippen MR) is 76.7 cm³/mol. The summed E-state index contributed by atoms with van der Waals surface area (Å²) in [6.07, 6.45) is 0.437. The first-order valence-corrected chi connectivity index (χ1v) is 8.52. The fourth-order valence-corrected chi connectivity index (χ4v) is 4.04. The summed E-state index contributed by atoms with van der Waals surface area (Å²) in [6.45, 7) is -0.255. The van der Waals surface area contributed by atoms with Crippen LogP contribution in [0, 0.1) is 5.82 Å². The molecule has 1 heterocycles. The van der Waals surface area contributed by atoms with Crippen molar-refractivity contribution < 1.29 is 22.3 Å². The molecule has 1 saturated heterocycles. The van der Waals surface area contributed by atoms with Crippen LogP contribution in [0.3, 0.4) is 0 Å². The van der Waals surface area contributed by atoms with E-state index in [0.29, 0.717) is 6.42 Å². The van der Waals surface area contributed by atoms with Crippen molar-refractivity contribution in [1.82, 2.24) is 4.90 Å². The van der Waals surface area contributed by atoms with Gasteiger partial charge in [-0.1, -0.05) is 11.6 Å². The van der Waals surface area contributed by atoms with Crippen LogP contribution in [0.15, 0.2) is 18.2 Å². The Hall–Kier alpha value is -1.34. The standard InChI is InChI=1S/C13H15ClFNO4S/c1-16(9-4-5-21(18,19)8-9)13(17)7-20-10-2-3-12(15)11(14)6-10/h2-3,6,9H,4-5,7-8H2,1H3/t9-/m0/s1. The fourth-order valence-electron chi connectivity index (χ4n) is 2.10. The van der Waals surface area contributed by atoms with Gasteiger partial charge in [0.2, 0.25) is 0 Å². The average molecular weight is 336 g/mol. The van der Waals surface area contributed by atoms with Crippen LogP contribution < -0.4 is 4.74 Å². The highest BCUT2D eigenvalue weighted by Gasteiger charge is 2.32. The summed E-state index contributed by atoms with van der Waals surface area (Å²) >= 11 is 5.61. The maximum atomic E-state index is 13.0. The third-order valence-corrected chi connectivity index (χ3v) is 5.44. The molecule has 0 radical (unpaired) electrons. The van der Waals surface area contributed by atoms with E-state index in [1.807, 2.05) is 0 Å². The zero-order chi connectivity index (χ0) is 15.6. The quantitative estimate of drug-likeness (QED) is 0.836. The first-order valence-electron chi connectivity index (χ1n) is 6.32. The number of carbonyl (C=O) groups is 1. The van der Waals surface area contributed by atoms with Crippen LogP contribution in [0.2, 0.25) is 5.02 Å². The molecular weight excluding hydrogens is 321 g/mol. The van der Waals surface area contributed by atoms with E-state index in [-0.39, 0.29) is 40.8 Å². The number of nitrogens with zero attached hydrogens (tertiary/aromatic N) is 1. The van der Waals surface area contributed by atoms with Gasteiger partial charge in [-0.15, -0.1) is 0 Å². The van der Waals surface area contributed by atoms with Gasteiger partial charge in [-0.2, -0.15) is 0 Å². The number of sulfone groups is 1. The summed E-state index contributed by atoms with van der Waals surface area (Å²) in [5.41, 5.74) is 0. The predicted octanol–water partition coefficient (Wildman–Crippen LogP) is 1.50. The molecule has 0 aromatic heterocycles. The SMILES string of the molecule is CN(C(=O)COc1ccc(F)c(Cl)c1)[C@H]1CCS(=O)(=O)C1. The highest BCUT2D eigenvalue weighted by atomic mass is 35.5. The Labute approximate surface area is 127 Å². The second kappa shape index (κ2) is 6.19. The lowest BCUT2D eigenvalue weighted by atomic mass is 10.2. The summed E-state index contributed by atoms with van der Waals surface area (Å²) in [6, 6.07) is 3.48. The lowest BCUT2D eigenvalue weighted by Gasteiger charge is -2.23. The molecule has 1 aromatic rings. The van der Waals surface area contributed by atoms with Gasteiger partial charge in [-0.05, 0) is 18.6 Å². The summed E-state index contributed by atoms with van der Waals surface area (Å²) in [4.78, 5) is 13.3. The normalized spacial score (nSPS) is 20.2. The number of likely N-dealkylation sites (N-methyl/N-ethyl adjacent to an activating group) is 1. The number of hydrogen-bond donors (Lipinski definition) is 0. The average Bonchev–Trinajstić information content (AvgIpc) is 2.79. The number of benzene rings is 1. The lowest BCUT2D eigenvalue weighted by molar-refractivity contribution is -0.133. The molecular formula is C13H15ClFNO4S. The number of halogens is 2. The van der Waals surface area contributed by atoms with Crippen molar-refractivity contribution in [3.8, 4) is 5.75 Å². The van der Waals surface area contributed by atoms with Gasteiger partial charge in [0.15, 0.2) is 16.4 Å². The number of rotatable bonds is 4. The number of ether oxygens (including phenoxy) is 1. The molecule has 21 heavy (non-hydrogen) atoms. The molecule has 1 atom stereocenters. The molecule has 5 nitrogen and oxygen atoms in total. The summed E-state index contributed by atoms with van der Waals surface area (Å²) in [7, 11) is -1.49. The Bertz CT molecular complexity index is 650. The Morgan fingerprint density at radius 3 is 2.81 bits per heavy atom. The fraction of sp³-hybridized carbons (Fsp3) is 0.462. The minimum atomic E-state index is -3.05. The molecule has 0 spiro atoms. The van der Waals surface area contributed by atoms with E-state index in [1.165, 1.54) is 17.0 Å². The van der Waals surface area contributed by atoms with Gasteiger partial charge in [0.05, 0.1) is 16.5 Å². The van der Waals surface area contributed by atoms with Crippen molar-refractivity contribution >= 4 is 27.3 Å². The van der Waals surface area contributed by atoms with E-state index in [4.69, 9.17) is 16.3 Å². The smallest absolute Gasteiger partial charge is 0.260 e. The second-order valence-electron chi connectivity index (χ2n) is 4.93. The highest BCUT2D eigenvalue weighted by molar-refractivity contribution is 7.91. The first-order chi connectivity index (χ1) is 9.78. The van der Waals surface area contributed by atoms with Gasteiger partial charge < -0.3 is 9.64 Å². The van der Waals surface area contributed by atoms with Crippen molar-refractivity contribution in [2.24, 2.45) is 0 Å². The van der Waals surface area contributed by atoms with Crippen molar-refractivity contribution in [2.45, 2.75) is 12.5 Å². The molecule has 2 rings (SSSR count). The minimum Gasteiger partial charge on any atom is -0.484 e. The van der Waals surface area contributed by atoms with E-state index in [2.05, 4.69) is 0 Å². The zero-order valence-corrected chi connectivity index (χ0v) is 13.0. The molecule has 0 saturated carbocycles. The van der Waals surface area contributed by atoms with Crippen molar-refractivity contribution in [1.29, 1.82) is 0 Å². The Morgan fingerprint density at radius 1 is 1.52 bits per heavy atom. The van der Waals surface area contributed by atoms with Gasteiger partial charge >= 0.3 is 0 Å². The minimum absolute atomic E-state index is 0.0163. The van der Waals surface area contributed by atoms with Crippen LogP contribution in [0.25, 0.3) is 0 Å². The maximum absolute atomic E-state index is 13.0. The summed E-state index contributed by atoms with van der Waals surface area (Å²) < 4.78 is 41.0. The first kappa shape index (κ1) is 16.0. The molecule has 1 aliphatic heterocycles. The Balaban J connectivity index is 1.91. The molecule has 116 valence electrons. The molecule has 1 fully saturated rings. The van der Waals surface area contributed by atoms with E-state index in [1.54, 1.807) is 7.05 Å². The van der Waals surface area contributed by atoms with E-state index < -0.39 is 15.7 Å². The third kappa shape index (κ3) is 4.07. The number of hydrogen-bond acceptors (Lipinski definition) is 4. The van der Waals surface area contributed by atoms with Crippen molar-refractivity contribution in [2.75, 3.05) is 25.2 Å². The molecule has 0 bridgehead atoms. The zero-order valence-electron chi connectivity index (χ0n) is 11.4. The van der Waals surface area contributed by atoms with Crippen LogP contribution >= 0.6 is 11.6 Å². The molecule has 0 aliphatic carbocycles. The van der Waals surface area contributed by atoms with Crippen LogP contribution in [-0.4, -0.2) is 50.4 Å². The van der Waals surface area contributed by atoms with E-state index in [9.17, 15) is 17.6 Å². The molecule has 8 heteroatoms. The van der Waals surface area contributed by atoms with Gasteiger partial charge in [-0.25, -0.2) is 12.8 Å². The van der Waals surface area contributed by atoms with Gasteiger partial charge in [-0.3, -0.25) is 4.79 Å². The molecule has 0 unspecified atom stereocenters. The monoisotopic (exact) mass is 335 g/mol. The maximum Gasteiger partial charge on any atom is 0.260 e. The van der Waals surface area contributed by atoms with Crippen molar-refractivity contribution in [3.05, 3.63) is 29.0 Å². The molecule has 1 aliphatic rings. The number of amides is 1. The molecule has 1 aromatic carbocycles. The highest BCUT2D eigenvalue weighted by Crippen LogP contribution is 2.21. The lowest BCUT2D eigenvalue weighted by Crippen LogP contribution is -2.40. The van der Waals surface area contributed by atoms with Crippen LogP contribution in [-0.2, 0) is 14.6 Å². The molecule has 0 N–H and O–H groups in total. The van der Waals surface area contributed by atoms with Crippen molar-refractivity contribution in [3.63, 3.8) is 0 Å². The number of carbonyl (C=O) groups excluding carboxylic acids is 1. The summed E-state index contributed by atoms with van der Waals surface area (Å²) in [5.74, 6) is -0.537. The van der Waals surface area contributed by atoms with E-state index in [0.717, 1.165) is 6.07 Å². The van der Waals surface area contributed by atoms with Crippen LogP contribution in [0.4, 0.5) is 4.39 Å². The molecule has 1 amide bonds. The third-order valence-electron chi connectivity index (χ3n) is 3.40. The van der Waals surface area contributed by atoms with Gasteiger partial charge in [0.1, 0.15) is 11.6 Å². The second-order valence-corrected chi connectivity index (χ2v) is 7.56. The Morgan fingerprint density at radius 2 is 2.24 bits per heavy atom. The van der Waals surface area contributed by atoms with Gasteiger partial charge in [0, 0.05) is 19.2 Å². The topological polar surface area (TPSA) is 63.7 Å². The largest absolute Gasteiger partial charge is 0.484 e. The van der Waals surface area contributed by atoms with E-state index >= 15 is 0 Å².